The molecule has 0 aromatic heterocycles. The predicted octanol–water partition coefficient (Wildman–Crippen LogP) is 1.37. The maximum Gasteiger partial charge on any atom is 1.00 e. The molecular formula is C22H41KN2O2. The number of carboxylic acids is 1. The summed E-state index contributed by atoms with van der Waals surface area (Å²) in [6, 6.07) is 0.864. The number of carbonyl (C=O) groups excluding carboxylic acids is 1. The van der Waals surface area contributed by atoms with E-state index < -0.39 is 5.97 Å². The van der Waals surface area contributed by atoms with Crippen LogP contribution in [0.15, 0.2) is 4.99 Å². The predicted molar refractivity (Wildman–Crippen MR) is 109 cm³/mol. The Labute approximate surface area is 210 Å². The molecule has 0 unspecified atom stereocenters. The molecule has 5 heteroatoms. The Bertz CT molecular complexity index is 361. The second-order valence-electron chi connectivity index (χ2n) is 7.88. The zero-order valence-corrected chi connectivity index (χ0v) is 21.2. The van der Waals surface area contributed by atoms with Crippen molar-refractivity contribution in [2.24, 2.45) is 4.99 Å². The third-order valence-corrected chi connectivity index (χ3v) is 5.48. The number of hydrogen-bond donors (Lipinski definition) is 0. The fraction of sp³-hybridized carbons (Fsp3) is 0.909. The summed E-state index contributed by atoms with van der Waals surface area (Å²) in [7, 11) is 0. The molecule has 0 atom stereocenters. The van der Waals surface area contributed by atoms with Crippen LogP contribution in [0.3, 0.4) is 0 Å². The van der Waals surface area contributed by atoms with Crippen LogP contribution in [0.5, 0.6) is 0 Å². The van der Waals surface area contributed by atoms with Gasteiger partial charge in [-0.2, -0.15) is 0 Å². The van der Waals surface area contributed by atoms with Gasteiger partial charge in [0, 0.05) is 25.1 Å². The van der Waals surface area contributed by atoms with Crippen LogP contribution in [0.1, 0.15) is 103 Å². The van der Waals surface area contributed by atoms with Gasteiger partial charge in [0.15, 0.2) is 0 Å². The summed E-state index contributed by atoms with van der Waals surface area (Å²) in [5.41, 5.74) is 0. The van der Waals surface area contributed by atoms with E-state index in [1.807, 2.05) is 0 Å². The van der Waals surface area contributed by atoms with Crippen LogP contribution in [0, 0.1) is 0 Å². The third kappa shape index (κ3) is 17.3. The molecule has 1 aliphatic heterocycles. The van der Waals surface area contributed by atoms with Crippen molar-refractivity contribution in [1.82, 2.24) is 4.90 Å². The Morgan fingerprint density at radius 2 is 1.33 bits per heavy atom. The summed E-state index contributed by atoms with van der Waals surface area (Å²) >= 11 is 0. The average molecular weight is 405 g/mol. The number of aliphatic imine (C=N–C) groups is 1. The van der Waals surface area contributed by atoms with Crippen LogP contribution in [0.2, 0.25) is 0 Å². The van der Waals surface area contributed by atoms with E-state index in [4.69, 9.17) is 9.90 Å². The summed E-state index contributed by atoms with van der Waals surface area (Å²) in [5.74, 6) is -1.08. The molecule has 2 aliphatic rings. The van der Waals surface area contributed by atoms with Gasteiger partial charge in [0.25, 0.3) is 0 Å². The molecule has 0 saturated heterocycles. The Kier molecular flexibility index (Phi) is 20.6. The van der Waals surface area contributed by atoms with Gasteiger partial charge >= 0.3 is 51.4 Å². The van der Waals surface area contributed by atoms with Gasteiger partial charge in [0.2, 0.25) is 0 Å². The molecule has 0 aromatic rings. The monoisotopic (exact) mass is 404 g/mol. The topological polar surface area (TPSA) is 55.7 Å². The van der Waals surface area contributed by atoms with Crippen molar-refractivity contribution < 1.29 is 61.3 Å². The van der Waals surface area contributed by atoms with Crippen LogP contribution in [0.4, 0.5) is 0 Å². The minimum Gasteiger partial charge on any atom is -0.550 e. The van der Waals surface area contributed by atoms with Gasteiger partial charge in [-0.3, -0.25) is 4.99 Å². The number of carboxylic acid groups (broad SMARTS) is 1. The molecule has 4 nitrogen and oxygen atoms in total. The zero-order chi connectivity index (χ0) is 18.9. The van der Waals surface area contributed by atoms with E-state index in [-0.39, 0.29) is 51.4 Å². The zero-order valence-electron chi connectivity index (χ0n) is 18.1. The van der Waals surface area contributed by atoms with E-state index in [2.05, 4.69) is 16.1 Å². The second kappa shape index (κ2) is 20.0. The first-order chi connectivity index (χ1) is 12.7. The summed E-state index contributed by atoms with van der Waals surface area (Å²) in [6.45, 7) is 4.63. The fourth-order valence-electron chi connectivity index (χ4n) is 4.08. The van der Waals surface area contributed by atoms with E-state index in [0.29, 0.717) is 0 Å². The van der Waals surface area contributed by atoms with Crippen LogP contribution >= 0.6 is 0 Å². The van der Waals surface area contributed by atoms with Gasteiger partial charge in [-0.05, 0) is 58.2 Å². The maximum absolute atomic E-state index is 8.89. The molecule has 0 bridgehead atoms. The van der Waals surface area contributed by atoms with E-state index >= 15 is 0 Å². The van der Waals surface area contributed by atoms with Crippen LogP contribution < -0.4 is 56.5 Å². The first-order valence-corrected chi connectivity index (χ1v) is 11.1. The first kappa shape index (κ1) is 27.7. The van der Waals surface area contributed by atoms with Gasteiger partial charge in [-0.25, -0.2) is 0 Å². The molecule has 1 aliphatic carbocycles. The fourth-order valence-corrected chi connectivity index (χ4v) is 4.08. The molecule has 2 rings (SSSR count). The van der Waals surface area contributed by atoms with Crippen LogP contribution in [-0.4, -0.2) is 42.8 Å². The summed E-state index contributed by atoms with van der Waals surface area (Å²) in [5, 5.41) is 8.89. The van der Waals surface area contributed by atoms with Crippen molar-refractivity contribution in [3.63, 3.8) is 0 Å². The van der Waals surface area contributed by atoms with Crippen molar-refractivity contribution in [1.29, 1.82) is 0 Å². The van der Waals surface area contributed by atoms with E-state index in [1.165, 1.54) is 109 Å². The Hall–Kier alpha value is 0.736. The molecule has 0 radical (unpaired) electrons. The standard InChI is InChI=1S/C20H38N2.C2H4O2.K/c1-2-4-6-10-15-20(14-9-5-3-1)22-18-12-8-7-11-16-21-17-13-19-22;1-2(3)4;/h16,20H,1-15,17-19H2;1H3,(H,3,4);/q;;+1/p-1. The van der Waals surface area contributed by atoms with Gasteiger partial charge in [0.1, 0.15) is 0 Å². The molecule has 0 spiro atoms. The molecule has 0 aromatic carbocycles. The number of carbonyl (C=O) groups is 1. The van der Waals surface area contributed by atoms with Crippen molar-refractivity contribution in [3.05, 3.63) is 0 Å². The normalized spacial score (nSPS) is 22.1. The summed E-state index contributed by atoms with van der Waals surface area (Å²) < 4.78 is 0. The van der Waals surface area contributed by atoms with Gasteiger partial charge in [-0.15, -0.1) is 0 Å². The van der Waals surface area contributed by atoms with E-state index in [0.717, 1.165) is 19.5 Å². The maximum atomic E-state index is 8.89. The van der Waals surface area contributed by atoms with Gasteiger partial charge < -0.3 is 14.8 Å². The average Bonchev–Trinajstić information content (AvgIpc) is 2.70. The minimum atomic E-state index is -1.08. The number of rotatable bonds is 1. The molecule has 152 valence electrons. The van der Waals surface area contributed by atoms with Crippen molar-refractivity contribution in [2.45, 2.75) is 109 Å². The largest absolute Gasteiger partial charge is 1.00 e. The summed E-state index contributed by atoms with van der Waals surface area (Å²) in [4.78, 5) is 16.3. The van der Waals surface area contributed by atoms with E-state index in [9.17, 15) is 0 Å². The SMILES string of the molecule is C1=NCCCN(C2CCCCCCCCCC2)CCCCC1.CC(=O)[O-].[K+]. The number of aliphatic carboxylic acids is 1. The smallest absolute Gasteiger partial charge is 0.550 e. The van der Waals surface area contributed by atoms with Gasteiger partial charge in [-0.1, -0.05) is 57.8 Å². The van der Waals surface area contributed by atoms with Gasteiger partial charge in [0.05, 0.1) is 0 Å². The quantitative estimate of drug-likeness (QED) is 0.620. The third-order valence-electron chi connectivity index (χ3n) is 5.48. The number of nitrogens with zero attached hydrogens (tertiary/aromatic N) is 2. The first-order valence-electron chi connectivity index (χ1n) is 11.1. The van der Waals surface area contributed by atoms with Crippen molar-refractivity contribution in [2.75, 3.05) is 19.6 Å². The molecule has 1 saturated carbocycles. The van der Waals surface area contributed by atoms with Crippen LogP contribution in [0.25, 0.3) is 0 Å². The molecular weight excluding hydrogens is 363 g/mol. The minimum absolute atomic E-state index is 0. The molecule has 1 fully saturated rings. The van der Waals surface area contributed by atoms with Crippen molar-refractivity contribution >= 4 is 12.2 Å². The van der Waals surface area contributed by atoms with Crippen LogP contribution in [-0.2, 0) is 4.79 Å². The molecule has 27 heavy (non-hydrogen) atoms. The summed E-state index contributed by atoms with van der Waals surface area (Å²) in [6.07, 6.45) is 23.4. The number of hydrogen-bond acceptors (Lipinski definition) is 4. The Morgan fingerprint density at radius 1 is 0.852 bits per heavy atom. The molecule has 0 N–H and O–H groups in total. The molecule has 0 amide bonds. The molecule has 1 heterocycles. The Balaban J connectivity index is 0.00000123. The second-order valence-corrected chi connectivity index (χ2v) is 7.88. The Morgan fingerprint density at radius 3 is 1.93 bits per heavy atom. The van der Waals surface area contributed by atoms with Crippen molar-refractivity contribution in [3.8, 4) is 0 Å². The van der Waals surface area contributed by atoms with E-state index in [1.54, 1.807) is 0 Å².